The van der Waals surface area contributed by atoms with Crippen molar-refractivity contribution in [3.63, 3.8) is 0 Å². The second-order valence-electron chi connectivity index (χ2n) is 7.32. The second kappa shape index (κ2) is 9.96. The van der Waals surface area contributed by atoms with Crippen molar-refractivity contribution >= 4 is 22.2 Å². The maximum atomic E-state index is 12.7. The fourth-order valence-corrected chi connectivity index (χ4v) is 4.22. The summed E-state index contributed by atoms with van der Waals surface area (Å²) < 4.78 is 0. The van der Waals surface area contributed by atoms with E-state index in [0.29, 0.717) is 5.56 Å². The SMILES string of the molecule is C=CCc1nc(-c2cc3ccc(CN(C)CCN(CC)CC)cc3[nH]c2=O)cs1. The molecule has 0 fully saturated rings. The standard InChI is InChI=1S/C23H30N4OS/c1-5-8-22-24-21(16-29-22)19-14-18-10-9-17(13-20(18)25-23(19)28)15-26(4)11-12-27(6-2)7-3/h5,9-10,13-14,16H,1,6-8,11-12,15H2,2-4H3,(H,25,28). The van der Waals surface area contributed by atoms with E-state index in [2.05, 4.69) is 65.4 Å². The molecular weight excluding hydrogens is 380 g/mol. The van der Waals surface area contributed by atoms with E-state index < -0.39 is 0 Å². The van der Waals surface area contributed by atoms with Crippen LogP contribution < -0.4 is 5.56 Å². The molecule has 2 aromatic heterocycles. The van der Waals surface area contributed by atoms with Gasteiger partial charge in [-0.1, -0.05) is 32.1 Å². The molecule has 1 aromatic carbocycles. The van der Waals surface area contributed by atoms with E-state index in [1.807, 2.05) is 17.5 Å². The number of pyridine rings is 1. The molecule has 154 valence electrons. The number of hydrogen-bond donors (Lipinski definition) is 1. The quantitative estimate of drug-likeness (QED) is 0.510. The van der Waals surface area contributed by atoms with E-state index in [1.165, 1.54) is 5.56 Å². The van der Waals surface area contributed by atoms with Crippen LogP contribution in [0.25, 0.3) is 22.2 Å². The van der Waals surface area contributed by atoms with Gasteiger partial charge in [-0.3, -0.25) is 4.79 Å². The van der Waals surface area contributed by atoms with E-state index in [0.717, 1.165) is 60.7 Å². The molecule has 1 N–H and O–H groups in total. The van der Waals surface area contributed by atoms with Gasteiger partial charge in [0.2, 0.25) is 0 Å². The van der Waals surface area contributed by atoms with E-state index in [9.17, 15) is 4.79 Å². The minimum Gasteiger partial charge on any atom is -0.321 e. The van der Waals surface area contributed by atoms with Gasteiger partial charge >= 0.3 is 0 Å². The highest BCUT2D eigenvalue weighted by molar-refractivity contribution is 7.10. The lowest BCUT2D eigenvalue weighted by atomic mass is 10.1. The summed E-state index contributed by atoms with van der Waals surface area (Å²) in [6, 6.07) is 8.25. The Labute approximate surface area is 176 Å². The van der Waals surface area contributed by atoms with Gasteiger partial charge in [-0.15, -0.1) is 17.9 Å². The molecule has 29 heavy (non-hydrogen) atoms. The molecule has 0 atom stereocenters. The number of nitrogens with one attached hydrogen (secondary N) is 1. The minimum atomic E-state index is -0.0972. The van der Waals surface area contributed by atoms with Crippen molar-refractivity contribution in [2.75, 3.05) is 33.2 Å². The highest BCUT2D eigenvalue weighted by Crippen LogP contribution is 2.23. The van der Waals surface area contributed by atoms with Gasteiger partial charge in [0.15, 0.2) is 0 Å². The number of thiazole rings is 1. The third kappa shape index (κ3) is 5.41. The molecule has 0 aliphatic rings. The predicted octanol–water partition coefficient (Wildman–Crippen LogP) is 4.15. The maximum absolute atomic E-state index is 12.7. The summed E-state index contributed by atoms with van der Waals surface area (Å²) in [6.07, 6.45) is 2.55. The number of aromatic amines is 1. The summed E-state index contributed by atoms with van der Waals surface area (Å²) in [5, 5.41) is 3.93. The Hall–Kier alpha value is -2.28. The molecule has 6 heteroatoms. The number of hydrogen-bond acceptors (Lipinski definition) is 5. The Morgan fingerprint density at radius 2 is 2.00 bits per heavy atom. The number of benzene rings is 1. The molecule has 0 aliphatic carbocycles. The molecule has 0 saturated heterocycles. The number of aromatic nitrogens is 2. The average molecular weight is 411 g/mol. The molecule has 0 radical (unpaired) electrons. The van der Waals surface area contributed by atoms with Crippen LogP contribution in [0.15, 0.2) is 47.1 Å². The van der Waals surface area contributed by atoms with Gasteiger partial charge < -0.3 is 14.8 Å². The number of nitrogens with zero attached hydrogens (tertiary/aromatic N) is 3. The Morgan fingerprint density at radius 3 is 2.72 bits per heavy atom. The zero-order chi connectivity index (χ0) is 20.8. The minimum absolute atomic E-state index is 0.0972. The fourth-order valence-electron chi connectivity index (χ4n) is 3.43. The van der Waals surface area contributed by atoms with Gasteiger partial charge in [0.05, 0.1) is 16.3 Å². The summed E-state index contributed by atoms with van der Waals surface area (Å²) in [4.78, 5) is 25.0. The smallest absolute Gasteiger partial charge is 0.257 e. The molecule has 2 heterocycles. The van der Waals surface area contributed by atoms with Crippen LogP contribution in [-0.2, 0) is 13.0 Å². The van der Waals surface area contributed by atoms with Gasteiger partial charge in [0.25, 0.3) is 5.56 Å². The van der Waals surface area contributed by atoms with Crippen LogP contribution >= 0.6 is 11.3 Å². The first kappa shape index (κ1) is 21.4. The summed E-state index contributed by atoms with van der Waals surface area (Å²) in [5.41, 5.74) is 3.32. The average Bonchev–Trinajstić information content (AvgIpc) is 3.17. The number of allylic oxidation sites excluding steroid dienone is 1. The molecule has 0 spiro atoms. The van der Waals surface area contributed by atoms with Crippen LogP contribution in [0.4, 0.5) is 0 Å². The lowest BCUT2D eigenvalue weighted by Gasteiger charge is -2.23. The largest absolute Gasteiger partial charge is 0.321 e. The zero-order valence-corrected chi connectivity index (χ0v) is 18.4. The molecular formula is C23H30N4OS. The molecule has 0 aliphatic heterocycles. The van der Waals surface area contributed by atoms with Crippen molar-refractivity contribution in [1.29, 1.82) is 0 Å². The van der Waals surface area contributed by atoms with Crippen LogP contribution in [0.1, 0.15) is 24.4 Å². The van der Waals surface area contributed by atoms with Crippen LogP contribution in [0.5, 0.6) is 0 Å². The van der Waals surface area contributed by atoms with Crippen LogP contribution in [0, 0.1) is 0 Å². The first-order valence-corrected chi connectivity index (χ1v) is 11.0. The van der Waals surface area contributed by atoms with Gasteiger partial charge in [-0.25, -0.2) is 4.98 Å². The highest BCUT2D eigenvalue weighted by atomic mass is 32.1. The second-order valence-corrected chi connectivity index (χ2v) is 8.26. The molecule has 3 aromatic rings. The number of rotatable bonds is 10. The van der Waals surface area contributed by atoms with E-state index in [-0.39, 0.29) is 5.56 Å². The molecule has 0 unspecified atom stereocenters. The molecule has 5 nitrogen and oxygen atoms in total. The van der Waals surface area contributed by atoms with Crippen molar-refractivity contribution in [3.05, 3.63) is 63.2 Å². The van der Waals surface area contributed by atoms with E-state index in [1.54, 1.807) is 11.3 Å². The number of fused-ring (bicyclic) bond motifs is 1. The van der Waals surface area contributed by atoms with E-state index >= 15 is 0 Å². The third-order valence-corrected chi connectivity index (χ3v) is 6.07. The van der Waals surface area contributed by atoms with Crippen LogP contribution in [-0.4, -0.2) is 53.0 Å². The molecule has 3 rings (SSSR count). The molecule has 0 saturated carbocycles. The summed E-state index contributed by atoms with van der Waals surface area (Å²) in [7, 11) is 2.14. The van der Waals surface area contributed by atoms with Crippen molar-refractivity contribution in [2.45, 2.75) is 26.8 Å². The first-order chi connectivity index (χ1) is 14.0. The molecule has 0 amide bonds. The van der Waals surface area contributed by atoms with Crippen LogP contribution in [0.3, 0.4) is 0 Å². The maximum Gasteiger partial charge on any atom is 0.257 e. The van der Waals surface area contributed by atoms with Crippen molar-refractivity contribution in [2.24, 2.45) is 0 Å². The zero-order valence-electron chi connectivity index (χ0n) is 17.6. The number of H-pyrrole nitrogens is 1. The van der Waals surface area contributed by atoms with E-state index in [4.69, 9.17) is 0 Å². The molecule has 0 bridgehead atoms. The third-order valence-electron chi connectivity index (χ3n) is 5.20. The monoisotopic (exact) mass is 410 g/mol. The summed E-state index contributed by atoms with van der Waals surface area (Å²) in [5.74, 6) is 0. The lowest BCUT2D eigenvalue weighted by molar-refractivity contribution is 0.236. The van der Waals surface area contributed by atoms with Crippen LogP contribution in [0.2, 0.25) is 0 Å². The Balaban J connectivity index is 1.76. The van der Waals surface area contributed by atoms with Gasteiger partial charge in [-0.05, 0) is 43.2 Å². The normalized spacial score (nSPS) is 11.6. The topological polar surface area (TPSA) is 52.2 Å². The lowest BCUT2D eigenvalue weighted by Crippen LogP contribution is -2.32. The van der Waals surface area contributed by atoms with Crippen molar-refractivity contribution < 1.29 is 0 Å². The fraction of sp³-hybridized carbons (Fsp3) is 0.391. The Morgan fingerprint density at radius 1 is 1.21 bits per heavy atom. The summed E-state index contributed by atoms with van der Waals surface area (Å²) >= 11 is 1.56. The predicted molar refractivity (Wildman–Crippen MR) is 124 cm³/mol. The summed E-state index contributed by atoms with van der Waals surface area (Å²) in [6.45, 7) is 13.3. The Bertz CT molecular complexity index is 1020. The van der Waals surface area contributed by atoms with Crippen molar-refractivity contribution in [3.8, 4) is 11.3 Å². The highest BCUT2D eigenvalue weighted by Gasteiger charge is 2.11. The van der Waals surface area contributed by atoms with Gasteiger partial charge in [0, 0.05) is 37.0 Å². The van der Waals surface area contributed by atoms with Gasteiger partial charge in [-0.2, -0.15) is 0 Å². The Kier molecular flexibility index (Phi) is 7.36. The van der Waals surface area contributed by atoms with Crippen molar-refractivity contribution in [1.82, 2.24) is 19.8 Å². The van der Waals surface area contributed by atoms with Gasteiger partial charge in [0.1, 0.15) is 0 Å². The number of likely N-dealkylation sites (N-methyl/N-ethyl adjacent to an activating group) is 2. The first-order valence-electron chi connectivity index (χ1n) is 10.2.